The number of hydrogen-bond donors (Lipinski definition) is 1. The highest BCUT2D eigenvalue weighted by Gasteiger charge is 2.03. The number of amides is 1. The summed E-state index contributed by atoms with van der Waals surface area (Å²) in [6.07, 6.45) is 4.98. The highest BCUT2D eigenvalue weighted by molar-refractivity contribution is 9.12. The molecule has 1 aromatic carbocycles. The minimum Gasteiger partial charge on any atom is -0.266 e. The zero-order chi connectivity index (χ0) is 14.2. The number of hydrazone groups is 1. The van der Waals surface area contributed by atoms with Gasteiger partial charge in [-0.1, -0.05) is 36.4 Å². The standard InChI is InChI=1S/C15H12BrN3O/c16-13(10-12-6-2-1-3-7-12)11-18-19-15(20)14-8-4-5-9-17-14/h1-11H,(H,19,20)/b13-10-,18-11?. The van der Waals surface area contributed by atoms with E-state index in [0.29, 0.717) is 5.69 Å². The lowest BCUT2D eigenvalue weighted by atomic mass is 10.2. The summed E-state index contributed by atoms with van der Waals surface area (Å²) in [6, 6.07) is 14.9. The van der Waals surface area contributed by atoms with Crippen molar-refractivity contribution in [1.29, 1.82) is 0 Å². The van der Waals surface area contributed by atoms with Crippen LogP contribution in [0.25, 0.3) is 6.08 Å². The van der Waals surface area contributed by atoms with E-state index in [4.69, 9.17) is 0 Å². The van der Waals surface area contributed by atoms with Gasteiger partial charge in [0.15, 0.2) is 0 Å². The van der Waals surface area contributed by atoms with E-state index in [1.54, 1.807) is 24.4 Å². The Labute approximate surface area is 125 Å². The van der Waals surface area contributed by atoms with Crippen molar-refractivity contribution in [3.63, 3.8) is 0 Å². The molecule has 0 aliphatic carbocycles. The molecular formula is C15H12BrN3O. The predicted octanol–water partition coefficient (Wildman–Crippen LogP) is 3.23. The monoisotopic (exact) mass is 329 g/mol. The van der Waals surface area contributed by atoms with Crippen LogP contribution >= 0.6 is 15.9 Å². The molecule has 1 amide bonds. The minimum absolute atomic E-state index is 0.327. The second-order valence-corrected chi connectivity index (χ2v) is 4.77. The Morgan fingerprint density at radius 2 is 1.90 bits per heavy atom. The summed E-state index contributed by atoms with van der Waals surface area (Å²) in [5.41, 5.74) is 3.78. The highest BCUT2D eigenvalue weighted by Crippen LogP contribution is 2.09. The highest BCUT2D eigenvalue weighted by atomic mass is 79.9. The fourth-order valence-electron chi connectivity index (χ4n) is 1.45. The van der Waals surface area contributed by atoms with Gasteiger partial charge in [-0.05, 0) is 39.7 Å². The van der Waals surface area contributed by atoms with Crippen molar-refractivity contribution in [2.75, 3.05) is 0 Å². The van der Waals surface area contributed by atoms with Gasteiger partial charge in [-0.3, -0.25) is 9.78 Å². The largest absolute Gasteiger partial charge is 0.289 e. The van der Waals surface area contributed by atoms with Gasteiger partial charge in [0.25, 0.3) is 5.91 Å². The molecular weight excluding hydrogens is 318 g/mol. The molecule has 20 heavy (non-hydrogen) atoms. The van der Waals surface area contributed by atoms with E-state index in [1.807, 2.05) is 36.4 Å². The molecule has 0 saturated carbocycles. The zero-order valence-electron chi connectivity index (χ0n) is 10.5. The van der Waals surface area contributed by atoms with Crippen LogP contribution in [-0.4, -0.2) is 17.1 Å². The first-order valence-corrected chi connectivity index (χ1v) is 6.72. The number of hydrogen-bond acceptors (Lipinski definition) is 3. The smallest absolute Gasteiger partial charge is 0.266 e. The van der Waals surface area contributed by atoms with Crippen LogP contribution in [0.1, 0.15) is 16.1 Å². The quantitative estimate of drug-likeness (QED) is 0.691. The van der Waals surface area contributed by atoms with Crippen LogP contribution in [0.3, 0.4) is 0 Å². The molecule has 0 atom stereocenters. The first kappa shape index (κ1) is 14.1. The maximum Gasteiger partial charge on any atom is 0.289 e. The molecule has 0 unspecified atom stereocenters. The first-order valence-electron chi connectivity index (χ1n) is 5.92. The second-order valence-electron chi connectivity index (χ2n) is 3.85. The van der Waals surface area contributed by atoms with Gasteiger partial charge in [0, 0.05) is 10.7 Å². The maximum absolute atomic E-state index is 11.7. The second kappa shape index (κ2) is 7.35. The average Bonchev–Trinajstić information content (AvgIpc) is 2.49. The van der Waals surface area contributed by atoms with Gasteiger partial charge in [0.1, 0.15) is 5.69 Å². The molecule has 0 radical (unpaired) electrons. The van der Waals surface area contributed by atoms with Crippen LogP contribution in [0.15, 0.2) is 64.3 Å². The molecule has 100 valence electrons. The van der Waals surface area contributed by atoms with E-state index in [0.717, 1.165) is 10.0 Å². The zero-order valence-corrected chi connectivity index (χ0v) is 12.1. The number of allylic oxidation sites excluding steroid dienone is 1. The number of pyridine rings is 1. The van der Waals surface area contributed by atoms with Gasteiger partial charge in [0.05, 0.1) is 6.21 Å². The van der Waals surface area contributed by atoms with E-state index in [9.17, 15) is 4.79 Å². The van der Waals surface area contributed by atoms with Crippen LogP contribution in [0.5, 0.6) is 0 Å². The van der Waals surface area contributed by atoms with E-state index < -0.39 is 0 Å². The van der Waals surface area contributed by atoms with Gasteiger partial charge in [-0.2, -0.15) is 5.10 Å². The molecule has 2 rings (SSSR count). The number of carbonyl (C=O) groups excluding carboxylic acids is 1. The number of benzene rings is 1. The van der Waals surface area contributed by atoms with E-state index in [2.05, 4.69) is 31.4 Å². The first-order chi connectivity index (χ1) is 9.75. The molecule has 1 heterocycles. The third-order valence-electron chi connectivity index (χ3n) is 2.36. The predicted molar refractivity (Wildman–Crippen MR) is 83.5 cm³/mol. The molecule has 0 aliphatic heterocycles. The molecule has 0 bridgehead atoms. The Hall–Kier alpha value is -2.27. The number of halogens is 1. The summed E-state index contributed by atoms with van der Waals surface area (Å²) >= 11 is 3.37. The Morgan fingerprint density at radius 3 is 2.60 bits per heavy atom. The van der Waals surface area contributed by atoms with Gasteiger partial charge in [-0.15, -0.1) is 0 Å². The molecule has 1 aromatic heterocycles. The molecule has 0 aliphatic rings. The average molecular weight is 330 g/mol. The lowest BCUT2D eigenvalue weighted by Crippen LogP contribution is -2.18. The van der Waals surface area contributed by atoms with Gasteiger partial charge >= 0.3 is 0 Å². The molecule has 0 spiro atoms. The van der Waals surface area contributed by atoms with Crippen molar-refractivity contribution in [3.05, 3.63) is 70.5 Å². The molecule has 5 heteroatoms. The SMILES string of the molecule is O=C(NN=C/C(Br)=C/c1ccccc1)c1ccccn1. The third-order valence-corrected chi connectivity index (χ3v) is 2.79. The number of rotatable bonds is 4. The number of nitrogens with zero attached hydrogens (tertiary/aromatic N) is 2. The molecule has 2 aromatic rings. The van der Waals surface area contributed by atoms with Crippen LogP contribution in [0.4, 0.5) is 0 Å². The summed E-state index contributed by atoms with van der Waals surface area (Å²) in [4.78, 5) is 15.6. The Balaban J connectivity index is 1.94. The Kier molecular flexibility index (Phi) is 5.20. The van der Waals surface area contributed by atoms with Crippen molar-refractivity contribution in [1.82, 2.24) is 10.4 Å². The summed E-state index contributed by atoms with van der Waals surface area (Å²) < 4.78 is 0.755. The van der Waals surface area contributed by atoms with Crippen molar-refractivity contribution < 1.29 is 4.79 Å². The Bertz CT molecular complexity index is 624. The summed E-state index contributed by atoms with van der Waals surface area (Å²) in [5.74, 6) is -0.345. The van der Waals surface area contributed by atoms with Gasteiger partial charge in [0.2, 0.25) is 0 Å². The van der Waals surface area contributed by atoms with Crippen LogP contribution < -0.4 is 5.43 Å². The van der Waals surface area contributed by atoms with Crippen LogP contribution in [0.2, 0.25) is 0 Å². The molecule has 4 nitrogen and oxygen atoms in total. The molecule has 1 N–H and O–H groups in total. The maximum atomic E-state index is 11.7. The fourth-order valence-corrected chi connectivity index (χ4v) is 1.82. The lowest BCUT2D eigenvalue weighted by Gasteiger charge is -1.97. The van der Waals surface area contributed by atoms with Gasteiger partial charge < -0.3 is 0 Å². The molecule has 0 saturated heterocycles. The fraction of sp³-hybridized carbons (Fsp3) is 0. The summed E-state index contributed by atoms with van der Waals surface area (Å²) in [5, 5.41) is 3.86. The van der Waals surface area contributed by atoms with Crippen LogP contribution in [0, 0.1) is 0 Å². The van der Waals surface area contributed by atoms with Gasteiger partial charge in [-0.25, -0.2) is 5.43 Å². The van der Waals surface area contributed by atoms with Crippen molar-refractivity contribution in [2.45, 2.75) is 0 Å². The number of aromatic nitrogens is 1. The number of carbonyl (C=O) groups is 1. The lowest BCUT2D eigenvalue weighted by molar-refractivity contribution is 0.0950. The van der Waals surface area contributed by atoms with E-state index >= 15 is 0 Å². The summed E-state index contributed by atoms with van der Waals surface area (Å²) in [6.45, 7) is 0. The van der Waals surface area contributed by atoms with E-state index in [1.165, 1.54) is 6.21 Å². The Morgan fingerprint density at radius 1 is 1.15 bits per heavy atom. The van der Waals surface area contributed by atoms with Crippen molar-refractivity contribution in [2.24, 2.45) is 5.10 Å². The van der Waals surface area contributed by atoms with E-state index in [-0.39, 0.29) is 5.91 Å². The molecule has 0 fully saturated rings. The normalized spacial score (nSPS) is 11.6. The minimum atomic E-state index is -0.345. The van der Waals surface area contributed by atoms with Crippen LogP contribution in [-0.2, 0) is 0 Å². The van der Waals surface area contributed by atoms with Crippen molar-refractivity contribution in [3.8, 4) is 0 Å². The third kappa shape index (κ3) is 4.44. The van der Waals surface area contributed by atoms with Crippen molar-refractivity contribution >= 4 is 34.1 Å². The topological polar surface area (TPSA) is 54.4 Å². The number of nitrogens with one attached hydrogen (secondary N) is 1. The summed E-state index contributed by atoms with van der Waals surface area (Å²) in [7, 11) is 0.